The van der Waals surface area contributed by atoms with E-state index < -0.39 is 0 Å². The minimum Gasteiger partial charge on any atom is -0.361 e. The summed E-state index contributed by atoms with van der Waals surface area (Å²) in [6.45, 7) is 5.26. The summed E-state index contributed by atoms with van der Waals surface area (Å²) in [5.41, 5.74) is 0. The molecule has 0 saturated carbocycles. The Morgan fingerprint density at radius 3 is 2.48 bits per heavy atom. The molecule has 27 heavy (non-hydrogen) atoms. The fourth-order valence-electron chi connectivity index (χ4n) is 4.09. The topological polar surface area (TPSA) is 66.2 Å². The molecule has 0 aromatic carbocycles. The van der Waals surface area contributed by atoms with Crippen molar-refractivity contribution in [2.75, 3.05) is 50.1 Å². The van der Waals surface area contributed by atoms with E-state index in [1.807, 2.05) is 25.2 Å². The second kappa shape index (κ2) is 7.80. The molecule has 8 nitrogen and oxygen atoms in total. The maximum absolute atomic E-state index is 4.72. The van der Waals surface area contributed by atoms with Gasteiger partial charge >= 0.3 is 0 Å². The molecule has 4 heterocycles. The first-order chi connectivity index (χ1) is 13.1. The average Bonchev–Trinajstić information content (AvgIpc) is 3.33. The van der Waals surface area contributed by atoms with Crippen molar-refractivity contribution in [3.8, 4) is 0 Å². The van der Waals surface area contributed by atoms with Gasteiger partial charge in [-0.15, -0.1) is 10.2 Å². The number of likely N-dealkylation sites (tertiary alicyclic amines) is 1. The highest BCUT2D eigenvalue weighted by Gasteiger charge is 2.26. The molecule has 0 bridgehead atoms. The van der Waals surface area contributed by atoms with Crippen molar-refractivity contribution in [3.63, 3.8) is 0 Å². The molecule has 0 radical (unpaired) electrons. The van der Waals surface area contributed by atoms with Gasteiger partial charge in [0.05, 0.1) is 18.9 Å². The molecule has 2 aliphatic rings. The third-order valence-corrected chi connectivity index (χ3v) is 5.81. The van der Waals surface area contributed by atoms with Gasteiger partial charge in [0.15, 0.2) is 0 Å². The van der Waals surface area contributed by atoms with E-state index in [0.717, 1.165) is 55.8 Å². The smallest absolute Gasteiger partial charge is 0.149 e. The molecule has 8 heteroatoms. The summed E-state index contributed by atoms with van der Waals surface area (Å²) in [6, 6.07) is 0. The molecule has 0 unspecified atom stereocenters. The first-order valence-electron chi connectivity index (χ1n) is 9.96. The molecule has 146 valence electrons. The highest BCUT2D eigenvalue weighted by Crippen LogP contribution is 2.29. The van der Waals surface area contributed by atoms with Gasteiger partial charge in [0.1, 0.15) is 23.3 Å². The van der Waals surface area contributed by atoms with Crippen LogP contribution in [0.3, 0.4) is 0 Å². The van der Waals surface area contributed by atoms with Crippen molar-refractivity contribution >= 4 is 11.6 Å². The monoisotopic (exact) mass is 370 g/mol. The fourth-order valence-corrected chi connectivity index (χ4v) is 4.09. The van der Waals surface area contributed by atoms with Crippen molar-refractivity contribution in [3.05, 3.63) is 24.0 Å². The maximum atomic E-state index is 4.72. The summed E-state index contributed by atoms with van der Waals surface area (Å²) in [6.07, 6.45) is 8.43. The summed E-state index contributed by atoms with van der Waals surface area (Å²) < 4.78 is 2.23. The van der Waals surface area contributed by atoms with Crippen molar-refractivity contribution < 1.29 is 0 Å². The highest BCUT2D eigenvalue weighted by molar-refractivity contribution is 5.45. The first-order valence-corrected chi connectivity index (χ1v) is 9.96. The Bertz CT molecular complexity index is 757. The van der Waals surface area contributed by atoms with Crippen LogP contribution in [0.25, 0.3) is 0 Å². The third kappa shape index (κ3) is 3.90. The molecule has 2 saturated heterocycles. The average molecular weight is 371 g/mol. The van der Waals surface area contributed by atoms with Crippen molar-refractivity contribution in [1.82, 2.24) is 29.6 Å². The molecule has 0 N–H and O–H groups in total. The lowest BCUT2D eigenvalue weighted by molar-refractivity contribution is 0.317. The van der Waals surface area contributed by atoms with Crippen LogP contribution in [0.5, 0.6) is 0 Å². The molecular formula is C19H30N8. The molecule has 2 aliphatic heterocycles. The molecule has 0 amide bonds. The second-order valence-corrected chi connectivity index (χ2v) is 7.91. The standard InChI is InChI=1S/C19H30N8/c1-24(2)16-12-20-13-17(21-16)27-10-6-15(7-11-27)19-23-22-18(25(19)3)14-26-8-4-5-9-26/h12-13,15H,4-11,14H2,1-3H3. The summed E-state index contributed by atoms with van der Waals surface area (Å²) in [5.74, 6) is 4.56. The predicted molar refractivity (Wildman–Crippen MR) is 106 cm³/mol. The molecule has 2 aromatic rings. The van der Waals surface area contributed by atoms with Crippen molar-refractivity contribution in [2.24, 2.45) is 7.05 Å². The van der Waals surface area contributed by atoms with Crippen LogP contribution in [0.1, 0.15) is 43.3 Å². The number of aromatic nitrogens is 5. The van der Waals surface area contributed by atoms with E-state index in [1.54, 1.807) is 6.20 Å². The van der Waals surface area contributed by atoms with Gasteiger partial charge in [-0.2, -0.15) is 0 Å². The summed E-state index contributed by atoms with van der Waals surface area (Å²) in [7, 11) is 6.11. The molecule has 2 fully saturated rings. The van der Waals surface area contributed by atoms with Crippen molar-refractivity contribution in [1.29, 1.82) is 0 Å². The molecule has 0 spiro atoms. The van der Waals surface area contributed by atoms with Crippen LogP contribution in [0.4, 0.5) is 11.6 Å². The van der Waals surface area contributed by atoms with E-state index in [2.05, 4.69) is 36.6 Å². The zero-order valence-corrected chi connectivity index (χ0v) is 16.7. The summed E-state index contributed by atoms with van der Waals surface area (Å²) >= 11 is 0. The molecule has 0 atom stereocenters. The van der Waals surface area contributed by atoms with Crippen LogP contribution in [0.2, 0.25) is 0 Å². The van der Waals surface area contributed by atoms with Gasteiger partial charge in [-0.1, -0.05) is 0 Å². The van der Waals surface area contributed by atoms with Crippen LogP contribution < -0.4 is 9.80 Å². The van der Waals surface area contributed by atoms with Crippen LogP contribution in [-0.2, 0) is 13.6 Å². The number of hydrogen-bond acceptors (Lipinski definition) is 7. The summed E-state index contributed by atoms with van der Waals surface area (Å²) in [5, 5.41) is 9.04. The fraction of sp³-hybridized carbons (Fsp3) is 0.684. The lowest BCUT2D eigenvalue weighted by atomic mass is 9.96. The lowest BCUT2D eigenvalue weighted by Crippen LogP contribution is -2.34. The van der Waals surface area contributed by atoms with E-state index in [4.69, 9.17) is 4.98 Å². The number of piperidine rings is 1. The summed E-state index contributed by atoms with van der Waals surface area (Å²) in [4.78, 5) is 15.9. The van der Waals surface area contributed by atoms with Crippen molar-refractivity contribution in [2.45, 2.75) is 38.1 Å². The van der Waals surface area contributed by atoms with E-state index in [-0.39, 0.29) is 0 Å². The third-order valence-electron chi connectivity index (χ3n) is 5.81. The molecule has 0 aliphatic carbocycles. The maximum Gasteiger partial charge on any atom is 0.149 e. The Hall–Kier alpha value is -2.22. The minimum absolute atomic E-state index is 0.469. The van der Waals surface area contributed by atoms with Crippen LogP contribution in [0.15, 0.2) is 12.4 Å². The normalized spacial score (nSPS) is 19.0. The zero-order valence-electron chi connectivity index (χ0n) is 16.7. The number of hydrogen-bond donors (Lipinski definition) is 0. The van der Waals surface area contributed by atoms with Crippen LogP contribution >= 0.6 is 0 Å². The van der Waals surface area contributed by atoms with Gasteiger partial charge in [0.25, 0.3) is 0 Å². The molecule has 4 rings (SSSR count). The van der Waals surface area contributed by atoms with Gasteiger partial charge in [-0.25, -0.2) is 4.98 Å². The SMILES string of the molecule is CN(C)c1cncc(N2CCC(c3nnc(CN4CCCC4)n3C)CC2)n1. The second-order valence-electron chi connectivity index (χ2n) is 7.91. The van der Waals surface area contributed by atoms with Gasteiger partial charge < -0.3 is 14.4 Å². The molecular weight excluding hydrogens is 340 g/mol. The number of anilines is 2. The van der Waals surface area contributed by atoms with Gasteiger partial charge in [-0.3, -0.25) is 9.88 Å². The molecule has 2 aromatic heterocycles. The van der Waals surface area contributed by atoms with Crippen LogP contribution in [-0.4, -0.2) is 69.9 Å². The Morgan fingerprint density at radius 2 is 1.78 bits per heavy atom. The Kier molecular flexibility index (Phi) is 5.24. The van der Waals surface area contributed by atoms with Crippen LogP contribution in [0, 0.1) is 0 Å². The predicted octanol–water partition coefficient (Wildman–Crippen LogP) is 1.65. The Morgan fingerprint density at radius 1 is 1.04 bits per heavy atom. The van der Waals surface area contributed by atoms with E-state index >= 15 is 0 Å². The zero-order chi connectivity index (χ0) is 18.8. The van der Waals surface area contributed by atoms with Gasteiger partial charge in [0.2, 0.25) is 0 Å². The van der Waals surface area contributed by atoms with Gasteiger partial charge in [-0.05, 0) is 38.8 Å². The van der Waals surface area contributed by atoms with Gasteiger partial charge in [0, 0.05) is 40.2 Å². The highest BCUT2D eigenvalue weighted by atomic mass is 15.3. The first kappa shape index (κ1) is 18.2. The minimum atomic E-state index is 0.469. The number of rotatable bonds is 5. The van der Waals surface area contributed by atoms with E-state index in [1.165, 1.54) is 25.9 Å². The lowest BCUT2D eigenvalue weighted by Gasteiger charge is -2.32. The Balaban J connectivity index is 1.39. The number of nitrogens with zero attached hydrogens (tertiary/aromatic N) is 8. The Labute approximate surface area is 161 Å². The van der Waals surface area contributed by atoms with E-state index in [9.17, 15) is 0 Å². The van der Waals surface area contributed by atoms with E-state index in [0.29, 0.717) is 5.92 Å². The largest absolute Gasteiger partial charge is 0.361 e. The quantitative estimate of drug-likeness (QED) is 0.793.